The molecule has 3 atom stereocenters. The molecule has 8 nitrogen and oxygen atoms in total. The average Bonchev–Trinajstić information content (AvgIpc) is 3.28. The monoisotopic (exact) mass is 385 g/mol. The number of ether oxygens (including phenoxy) is 3. The molecule has 2 amide bonds. The van der Waals surface area contributed by atoms with Crippen molar-refractivity contribution in [2.45, 2.75) is 25.8 Å². The minimum Gasteiger partial charge on any atom is -0.456 e. The predicted octanol–water partition coefficient (Wildman–Crippen LogP) is 1.48. The number of benzene rings is 1. The van der Waals surface area contributed by atoms with Gasteiger partial charge in [0.2, 0.25) is 18.6 Å². The number of amides is 2. The number of carbonyl (C=O) groups excluding carboxylic acids is 4. The second-order valence-corrected chi connectivity index (χ2v) is 6.98. The van der Waals surface area contributed by atoms with Crippen molar-refractivity contribution in [2.24, 2.45) is 11.8 Å². The van der Waals surface area contributed by atoms with Gasteiger partial charge in [0, 0.05) is 5.56 Å². The average molecular weight is 385 g/mol. The number of fused-ring (bicyclic) bond motifs is 2. The number of hydrogen-bond donors (Lipinski definition) is 0. The Hall–Kier alpha value is -3.16. The van der Waals surface area contributed by atoms with Gasteiger partial charge in [0.05, 0.1) is 11.8 Å². The minimum atomic E-state index is -1.07. The van der Waals surface area contributed by atoms with Crippen LogP contribution in [0.5, 0.6) is 11.5 Å². The van der Waals surface area contributed by atoms with E-state index in [9.17, 15) is 19.2 Å². The maximum absolute atomic E-state index is 12.5. The molecule has 1 fully saturated rings. The summed E-state index contributed by atoms with van der Waals surface area (Å²) >= 11 is 0. The molecule has 0 radical (unpaired) electrons. The highest BCUT2D eigenvalue weighted by atomic mass is 16.7. The summed E-state index contributed by atoms with van der Waals surface area (Å²) in [4.78, 5) is 50.7. The lowest BCUT2D eigenvalue weighted by Crippen LogP contribution is -2.44. The van der Waals surface area contributed by atoms with Crippen LogP contribution in [-0.4, -0.2) is 47.9 Å². The second kappa shape index (κ2) is 7.10. The van der Waals surface area contributed by atoms with Crippen LogP contribution in [0.4, 0.5) is 0 Å². The van der Waals surface area contributed by atoms with Gasteiger partial charge in [-0.1, -0.05) is 12.2 Å². The molecule has 1 aromatic carbocycles. The van der Waals surface area contributed by atoms with Crippen molar-refractivity contribution in [3.63, 3.8) is 0 Å². The summed E-state index contributed by atoms with van der Waals surface area (Å²) in [5, 5.41) is 0. The third kappa shape index (κ3) is 3.04. The van der Waals surface area contributed by atoms with Crippen LogP contribution in [0.1, 0.15) is 30.1 Å². The van der Waals surface area contributed by atoms with Crippen LogP contribution in [0.3, 0.4) is 0 Å². The van der Waals surface area contributed by atoms with Crippen molar-refractivity contribution in [1.29, 1.82) is 0 Å². The molecule has 0 unspecified atom stereocenters. The number of carbonyl (C=O) groups is 4. The molecular formula is C20H19NO7. The van der Waals surface area contributed by atoms with Crippen molar-refractivity contribution in [2.75, 3.05) is 13.4 Å². The minimum absolute atomic E-state index is 0.0921. The van der Waals surface area contributed by atoms with E-state index >= 15 is 0 Å². The number of esters is 1. The highest BCUT2D eigenvalue weighted by Gasteiger charge is 2.50. The normalized spacial score (nSPS) is 23.5. The zero-order chi connectivity index (χ0) is 19.8. The number of nitrogens with zero attached hydrogens (tertiary/aromatic N) is 1. The third-order valence-corrected chi connectivity index (χ3v) is 5.31. The van der Waals surface area contributed by atoms with Gasteiger partial charge in [-0.2, -0.15) is 0 Å². The van der Waals surface area contributed by atoms with E-state index in [0.717, 1.165) is 4.90 Å². The fraction of sp³-hybridized carbons (Fsp3) is 0.400. The van der Waals surface area contributed by atoms with Gasteiger partial charge in [-0.25, -0.2) is 4.79 Å². The summed E-state index contributed by atoms with van der Waals surface area (Å²) in [6.07, 6.45) is 4.75. The quantitative estimate of drug-likeness (QED) is 0.328. The molecule has 2 aliphatic heterocycles. The summed E-state index contributed by atoms with van der Waals surface area (Å²) < 4.78 is 15.5. The van der Waals surface area contributed by atoms with Crippen molar-refractivity contribution in [3.8, 4) is 11.5 Å². The summed E-state index contributed by atoms with van der Waals surface area (Å²) in [5.41, 5.74) is 0.315. The lowest BCUT2D eigenvalue weighted by Gasteiger charge is -2.21. The smallest absolute Gasteiger partial charge is 0.329 e. The number of Topliss-reactive ketones (excluding diaryl/α,β-unsaturated/α-hetero) is 1. The Morgan fingerprint density at radius 2 is 1.75 bits per heavy atom. The molecule has 146 valence electrons. The SMILES string of the molecule is C[C@@H](C(=O)OCC(=O)c1ccc2c(c1)OCO2)N1C(=O)[C@@H]2CC=CC[C@H]2C1=O. The van der Waals surface area contributed by atoms with Gasteiger partial charge < -0.3 is 14.2 Å². The molecule has 28 heavy (non-hydrogen) atoms. The fourth-order valence-corrected chi connectivity index (χ4v) is 3.72. The van der Waals surface area contributed by atoms with Crippen molar-refractivity contribution in [3.05, 3.63) is 35.9 Å². The zero-order valence-electron chi connectivity index (χ0n) is 15.3. The Morgan fingerprint density at radius 3 is 2.43 bits per heavy atom. The number of imide groups is 1. The third-order valence-electron chi connectivity index (χ3n) is 5.31. The number of allylic oxidation sites excluding steroid dienone is 2. The molecule has 1 saturated heterocycles. The number of rotatable bonds is 5. The summed E-state index contributed by atoms with van der Waals surface area (Å²) in [7, 11) is 0. The zero-order valence-corrected chi connectivity index (χ0v) is 15.3. The first-order valence-electron chi connectivity index (χ1n) is 9.08. The molecule has 3 aliphatic rings. The van der Waals surface area contributed by atoms with Crippen LogP contribution in [0.25, 0.3) is 0 Å². The van der Waals surface area contributed by atoms with Gasteiger partial charge in [0.1, 0.15) is 6.04 Å². The molecule has 0 bridgehead atoms. The topological polar surface area (TPSA) is 99.2 Å². The molecule has 8 heteroatoms. The summed E-state index contributed by atoms with van der Waals surface area (Å²) in [6.45, 7) is 1.04. The van der Waals surface area contributed by atoms with Crippen molar-refractivity contribution >= 4 is 23.6 Å². The number of likely N-dealkylation sites (tertiary alicyclic amines) is 1. The molecular weight excluding hydrogens is 366 g/mol. The summed E-state index contributed by atoms with van der Waals surface area (Å²) in [6, 6.07) is 3.61. The van der Waals surface area contributed by atoms with E-state index in [2.05, 4.69) is 0 Å². The van der Waals surface area contributed by atoms with Gasteiger partial charge >= 0.3 is 5.97 Å². The van der Waals surface area contributed by atoms with Crippen LogP contribution in [0.15, 0.2) is 30.4 Å². The van der Waals surface area contributed by atoms with E-state index in [1.54, 1.807) is 12.1 Å². The van der Waals surface area contributed by atoms with E-state index in [-0.39, 0.29) is 18.6 Å². The highest BCUT2D eigenvalue weighted by Crippen LogP contribution is 2.36. The molecule has 1 aromatic rings. The van der Waals surface area contributed by atoms with Crippen molar-refractivity contribution in [1.82, 2.24) is 4.90 Å². The Labute approximate surface area is 161 Å². The standard InChI is InChI=1S/C20H19NO7/c1-11(21-18(23)13-4-2-3-5-14(13)19(21)24)20(25)26-9-15(22)12-6-7-16-17(8-12)28-10-27-16/h2-3,6-8,11,13-14H,4-5,9-10H2,1H3/t11-,13+,14+/m0/s1. The molecule has 1 aliphatic carbocycles. The van der Waals surface area contributed by atoms with Crippen LogP contribution < -0.4 is 9.47 Å². The Balaban J connectivity index is 1.38. The first-order valence-corrected chi connectivity index (χ1v) is 9.08. The first kappa shape index (κ1) is 18.2. The molecule has 0 saturated carbocycles. The van der Waals surface area contributed by atoms with Gasteiger partial charge in [-0.3, -0.25) is 19.3 Å². The number of hydrogen-bond acceptors (Lipinski definition) is 7. The van der Waals surface area contributed by atoms with Crippen LogP contribution in [-0.2, 0) is 19.1 Å². The molecule has 0 aromatic heterocycles. The maximum Gasteiger partial charge on any atom is 0.329 e. The maximum atomic E-state index is 12.5. The molecule has 4 rings (SSSR count). The van der Waals surface area contributed by atoms with Crippen LogP contribution in [0, 0.1) is 11.8 Å². The number of ketones is 1. The van der Waals surface area contributed by atoms with E-state index in [4.69, 9.17) is 14.2 Å². The predicted molar refractivity (Wildman–Crippen MR) is 94.5 cm³/mol. The van der Waals surface area contributed by atoms with E-state index in [1.807, 2.05) is 12.2 Å². The Kier molecular flexibility index (Phi) is 4.62. The first-order chi connectivity index (χ1) is 13.5. The van der Waals surface area contributed by atoms with Crippen LogP contribution >= 0.6 is 0 Å². The van der Waals surface area contributed by atoms with Gasteiger partial charge in [0.25, 0.3) is 0 Å². The Bertz CT molecular complexity index is 865. The van der Waals surface area contributed by atoms with E-state index in [1.165, 1.54) is 13.0 Å². The van der Waals surface area contributed by atoms with Gasteiger partial charge in [-0.05, 0) is 38.0 Å². The van der Waals surface area contributed by atoms with Gasteiger partial charge in [-0.15, -0.1) is 0 Å². The van der Waals surface area contributed by atoms with E-state index in [0.29, 0.717) is 29.9 Å². The van der Waals surface area contributed by atoms with Crippen molar-refractivity contribution < 1.29 is 33.4 Å². The highest BCUT2D eigenvalue weighted by molar-refractivity contribution is 6.08. The van der Waals surface area contributed by atoms with E-state index < -0.39 is 36.2 Å². The van der Waals surface area contributed by atoms with Crippen LogP contribution in [0.2, 0.25) is 0 Å². The fourth-order valence-electron chi connectivity index (χ4n) is 3.72. The molecule has 0 N–H and O–H groups in total. The second-order valence-electron chi connectivity index (χ2n) is 6.98. The lowest BCUT2D eigenvalue weighted by atomic mass is 9.85. The molecule has 2 heterocycles. The largest absolute Gasteiger partial charge is 0.456 e. The lowest BCUT2D eigenvalue weighted by molar-refractivity contribution is -0.157. The Morgan fingerprint density at radius 1 is 1.11 bits per heavy atom. The molecule has 0 spiro atoms. The summed E-state index contributed by atoms with van der Waals surface area (Å²) in [5.74, 6) is -1.75. The van der Waals surface area contributed by atoms with Gasteiger partial charge in [0.15, 0.2) is 23.9 Å².